The van der Waals surface area contributed by atoms with Crippen LogP contribution in [0.2, 0.25) is 5.02 Å². The number of aryl methyl sites for hydroxylation is 3. The van der Waals surface area contributed by atoms with Gasteiger partial charge in [0.05, 0.1) is 10.6 Å². The van der Waals surface area contributed by atoms with Gasteiger partial charge in [0.1, 0.15) is 12.6 Å². The highest BCUT2D eigenvalue weighted by molar-refractivity contribution is 7.92. The van der Waals surface area contributed by atoms with Crippen LogP contribution in [0.5, 0.6) is 0 Å². The lowest BCUT2D eigenvalue weighted by Crippen LogP contribution is -2.52. The van der Waals surface area contributed by atoms with Crippen LogP contribution in [0.25, 0.3) is 0 Å². The van der Waals surface area contributed by atoms with Crippen LogP contribution >= 0.6 is 11.6 Å². The van der Waals surface area contributed by atoms with Gasteiger partial charge in [-0.1, -0.05) is 78.0 Å². The Morgan fingerprint density at radius 1 is 0.951 bits per heavy atom. The molecule has 0 heterocycles. The molecular formula is C32H38ClN3O4S. The van der Waals surface area contributed by atoms with Crippen LogP contribution in [0.3, 0.4) is 0 Å². The predicted molar refractivity (Wildman–Crippen MR) is 163 cm³/mol. The van der Waals surface area contributed by atoms with Crippen molar-refractivity contribution in [1.29, 1.82) is 0 Å². The number of hydrogen-bond acceptors (Lipinski definition) is 4. The van der Waals surface area contributed by atoms with Gasteiger partial charge in [-0.3, -0.25) is 13.9 Å². The molecule has 1 N–H and O–H groups in total. The molecule has 0 spiro atoms. The van der Waals surface area contributed by atoms with E-state index in [0.717, 1.165) is 46.7 Å². The van der Waals surface area contributed by atoms with Gasteiger partial charge in [0, 0.05) is 17.6 Å². The molecule has 7 nitrogen and oxygen atoms in total. The fourth-order valence-electron chi connectivity index (χ4n) is 5.22. The van der Waals surface area contributed by atoms with Crippen molar-refractivity contribution >= 4 is 39.1 Å². The molecule has 41 heavy (non-hydrogen) atoms. The summed E-state index contributed by atoms with van der Waals surface area (Å²) in [4.78, 5) is 29.0. The topological polar surface area (TPSA) is 86.8 Å². The lowest BCUT2D eigenvalue weighted by atomic mass is 10.1. The normalized spacial score (nSPS) is 14.5. The van der Waals surface area contributed by atoms with Crippen LogP contribution < -0.4 is 9.62 Å². The van der Waals surface area contributed by atoms with Crippen molar-refractivity contribution in [2.24, 2.45) is 0 Å². The Morgan fingerprint density at radius 3 is 2.22 bits per heavy atom. The Kier molecular flexibility index (Phi) is 9.76. The van der Waals surface area contributed by atoms with Crippen molar-refractivity contribution in [2.75, 3.05) is 10.8 Å². The average Bonchev–Trinajstić information content (AvgIpc) is 3.44. The summed E-state index contributed by atoms with van der Waals surface area (Å²) in [7, 11) is -4.12. The number of carbonyl (C=O) groups is 2. The van der Waals surface area contributed by atoms with E-state index in [2.05, 4.69) is 5.32 Å². The highest BCUT2D eigenvalue weighted by Crippen LogP contribution is 2.29. The molecule has 1 saturated carbocycles. The van der Waals surface area contributed by atoms with Crippen LogP contribution in [0.4, 0.5) is 5.69 Å². The first-order chi connectivity index (χ1) is 19.5. The summed E-state index contributed by atoms with van der Waals surface area (Å²) in [6, 6.07) is 18.4. The molecule has 9 heteroatoms. The molecule has 3 aromatic rings. The van der Waals surface area contributed by atoms with Crippen LogP contribution in [0.15, 0.2) is 71.6 Å². The van der Waals surface area contributed by atoms with E-state index in [4.69, 9.17) is 11.6 Å². The fraction of sp³-hybridized carbons (Fsp3) is 0.375. The van der Waals surface area contributed by atoms with Crippen molar-refractivity contribution in [1.82, 2.24) is 10.2 Å². The van der Waals surface area contributed by atoms with Crippen LogP contribution in [-0.2, 0) is 26.2 Å². The number of benzene rings is 3. The molecule has 0 bridgehead atoms. The van der Waals surface area contributed by atoms with Gasteiger partial charge in [0.15, 0.2) is 0 Å². The third-order valence-electron chi connectivity index (χ3n) is 7.68. The van der Waals surface area contributed by atoms with Crippen molar-refractivity contribution in [3.8, 4) is 0 Å². The number of rotatable bonds is 10. The lowest BCUT2D eigenvalue weighted by Gasteiger charge is -2.33. The lowest BCUT2D eigenvalue weighted by molar-refractivity contribution is -0.139. The zero-order valence-electron chi connectivity index (χ0n) is 24.1. The highest BCUT2D eigenvalue weighted by Gasteiger charge is 2.34. The van der Waals surface area contributed by atoms with Gasteiger partial charge >= 0.3 is 0 Å². The minimum Gasteiger partial charge on any atom is -0.352 e. The van der Waals surface area contributed by atoms with Gasteiger partial charge < -0.3 is 10.2 Å². The first-order valence-corrected chi connectivity index (χ1v) is 15.8. The molecular weight excluding hydrogens is 558 g/mol. The Labute approximate surface area is 248 Å². The maximum absolute atomic E-state index is 14.1. The molecule has 4 rings (SSSR count). The standard InChI is InChI=1S/C32H38ClN3O4S/c1-22-13-16-28(17-14-22)41(39,40)36(30-18-15-23(2)19-24(30)3)21-31(37)35(20-26-9-5-8-12-29(26)33)25(4)32(38)34-27-10-6-7-11-27/h5,8-9,12-19,25,27H,6-7,10-11,20-21H2,1-4H3,(H,34,38)/t25-/m1/s1. The molecule has 1 aliphatic carbocycles. The van der Waals surface area contributed by atoms with E-state index in [1.165, 1.54) is 4.90 Å². The maximum atomic E-state index is 14.1. The number of nitrogens with one attached hydrogen (secondary N) is 1. The molecule has 2 amide bonds. The first kappa shape index (κ1) is 30.6. The summed E-state index contributed by atoms with van der Waals surface area (Å²) in [6.07, 6.45) is 3.94. The highest BCUT2D eigenvalue weighted by atomic mass is 35.5. The quantitative estimate of drug-likeness (QED) is 0.314. The fourth-order valence-corrected chi connectivity index (χ4v) is 6.89. The summed E-state index contributed by atoms with van der Waals surface area (Å²) in [5.74, 6) is -0.772. The number of halogens is 1. The summed E-state index contributed by atoms with van der Waals surface area (Å²) >= 11 is 6.45. The first-order valence-electron chi connectivity index (χ1n) is 14.0. The summed E-state index contributed by atoms with van der Waals surface area (Å²) in [5.41, 5.74) is 3.69. The number of hydrogen-bond donors (Lipinski definition) is 1. The van der Waals surface area contributed by atoms with E-state index < -0.39 is 28.5 Å². The van der Waals surface area contributed by atoms with E-state index >= 15 is 0 Å². The summed E-state index contributed by atoms with van der Waals surface area (Å²) in [5, 5.41) is 3.54. The van der Waals surface area contributed by atoms with Crippen molar-refractivity contribution < 1.29 is 18.0 Å². The Bertz CT molecular complexity index is 1500. The van der Waals surface area contributed by atoms with Gasteiger partial charge in [0.25, 0.3) is 10.0 Å². The monoisotopic (exact) mass is 595 g/mol. The SMILES string of the molecule is Cc1ccc(S(=O)(=O)N(CC(=O)N(Cc2ccccc2Cl)[C@H](C)C(=O)NC2CCCC2)c2ccc(C)cc2C)cc1. The minimum absolute atomic E-state index is 0.0586. The number of carbonyl (C=O) groups excluding carboxylic acids is 2. The second kappa shape index (κ2) is 13.1. The van der Waals surface area contributed by atoms with Crippen molar-refractivity contribution in [3.63, 3.8) is 0 Å². The van der Waals surface area contributed by atoms with Crippen LogP contribution in [-0.4, -0.2) is 43.8 Å². The van der Waals surface area contributed by atoms with Crippen LogP contribution in [0.1, 0.15) is 54.9 Å². The molecule has 0 aromatic heterocycles. The third-order valence-corrected chi connectivity index (χ3v) is 9.82. The minimum atomic E-state index is -4.12. The Balaban J connectivity index is 1.72. The van der Waals surface area contributed by atoms with Gasteiger partial charge in [0.2, 0.25) is 11.8 Å². The van der Waals surface area contributed by atoms with Crippen molar-refractivity contribution in [3.05, 3.63) is 94.0 Å². The summed E-state index contributed by atoms with van der Waals surface area (Å²) < 4.78 is 29.2. The molecule has 1 fully saturated rings. The zero-order valence-corrected chi connectivity index (χ0v) is 25.6. The second-order valence-electron chi connectivity index (χ2n) is 10.9. The number of sulfonamides is 1. The van der Waals surface area contributed by atoms with E-state index in [-0.39, 0.29) is 23.4 Å². The smallest absolute Gasteiger partial charge is 0.264 e. The number of nitrogens with zero attached hydrogens (tertiary/aromatic N) is 2. The molecule has 218 valence electrons. The van der Waals surface area contributed by atoms with E-state index in [0.29, 0.717) is 16.3 Å². The number of anilines is 1. The molecule has 0 aliphatic heterocycles. The van der Waals surface area contributed by atoms with Gasteiger partial charge in [-0.15, -0.1) is 0 Å². The molecule has 0 saturated heterocycles. The third kappa shape index (κ3) is 7.29. The summed E-state index contributed by atoms with van der Waals surface area (Å²) in [6.45, 7) is 6.89. The van der Waals surface area contributed by atoms with E-state index in [9.17, 15) is 18.0 Å². The zero-order chi connectivity index (χ0) is 29.7. The van der Waals surface area contributed by atoms with E-state index in [1.54, 1.807) is 55.5 Å². The maximum Gasteiger partial charge on any atom is 0.264 e. The van der Waals surface area contributed by atoms with Gasteiger partial charge in [-0.05, 0) is 75.9 Å². The van der Waals surface area contributed by atoms with Gasteiger partial charge in [-0.25, -0.2) is 8.42 Å². The Morgan fingerprint density at radius 2 is 1.59 bits per heavy atom. The predicted octanol–water partition coefficient (Wildman–Crippen LogP) is 5.94. The Hall–Kier alpha value is -3.36. The molecule has 3 aromatic carbocycles. The van der Waals surface area contributed by atoms with Crippen LogP contribution in [0, 0.1) is 20.8 Å². The molecule has 0 unspecified atom stereocenters. The van der Waals surface area contributed by atoms with Gasteiger partial charge in [-0.2, -0.15) is 0 Å². The largest absolute Gasteiger partial charge is 0.352 e. The average molecular weight is 596 g/mol. The molecule has 1 atom stereocenters. The van der Waals surface area contributed by atoms with E-state index in [1.807, 2.05) is 39.0 Å². The van der Waals surface area contributed by atoms with Crippen molar-refractivity contribution in [2.45, 2.75) is 76.9 Å². The molecule has 0 radical (unpaired) electrons. The second-order valence-corrected chi connectivity index (χ2v) is 13.2. The molecule has 1 aliphatic rings. The number of amides is 2.